The molecule has 3 aromatic rings. The normalized spacial score (nSPS) is 15.1. The molecule has 4 N–H and O–H groups in total. The number of nitrogens with two attached hydrogens (primary N) is 1. The second kappa shape index (κ2) is 10.9. The summed E-state index contributed by atoms with van der Waals surface area (Å²) in [7, 11) is 0. The molecule has 2 amide bonds. The minimum atomic E-state index is -0.682. The number of hydrogen-bond donors (Lipinski definition) is 3. The standard InChI is InChI=1S/C27H35N5O4S/c1-17(33)21-10-9-20-22(28)23(37-25(20)30-21)24(34)29-12-11-18-5-7-19(8-6-18)31-13-15-32(16-14-31)26(35)36-27(2,3)4/h5-10,17,33H,11-16,28H2,1-4H3,(H,29,34)/t17-/m1/s1. The number of benzene rings is 1. The molecule has 1 atom stereocenters. The van der Waals surface area contributed by atoms with E-state index < -0.39 is 11.7 Å². The van der Waals surface area contributed by atoms with E-state index in [-0.39, 0.29) is 12.0 Å². The van der Waals surface area contributed by atoms with Gasteiger partial charge in [0.25, 0.3) is 5.91 Å². The minimum Gasteiger partial charge on any atom is -0.444 e. The average Bonchev–Trinajstić information content (AvgIpc) is 3.19. The number of carbonyl (C=O) groups is 2. The highest BCUT2D eigenvalue weighted by Crippen LogP contribution is 2.33. The largest absolute Gasteiger partial charge is 0.444 e. The van der Waals surface area contributed by atoms with E-state index in [0.29, 0.717) is 47.1 Å². The van der Waals surface area contributed by atoms with Crippen molar-refractivity contribution < 1.29 is 19.4 Å². The zero-order valence-electron chi connectivity index (χ0n) is 21.8. The van der Waals surface area contributed by atoms with E-state index in [2.05, 4.69) is 39.5 Å². The number of nitrogens with zero attached hydrogens (tertiary/aromatic N) is 3. The Morgan fingerprint density at radius 3 is 2.43 bits per heavy atom. The van der Waals surface area contributed by atoms with E-state index in [4.69, 9.17) is 10.5 Å². The number of amides is 2. The molecule has 3 heterocycles. The topological polar surface area (TPSA) is 121 Å². The van der Waals surface area contributed by atoms with Crippen molar-refractivity contribution in [3.05, 3.63) is 52.5 Å². The van der Waals surface area contributed by atoms with Crippen molar-refractivity contribution in [1.82, 2.24) is 15.2 Å². The highest BCUT2D eigenvalue weighted by atomic mass is 32.1. The molecule has 0 bridgehead atoms. The molecule has 1 aliphatic heterocycles. The second-order valence-electron chi connectivity index (χ2n) is 10.2. The van der Waals surface area contributed by atoms with Gasteiger partial charge in [-0.15, -0.1) is 11.3 Å². The van der Waals surface area contributed by atoms with Crippen molar-refractivity contribution in [2.75, 3.05) is 43.4 Å². The average molecular weight is 526 g/mol. The van der Waals surface area contributed by atoms with Crippen molar-refractivity contribution in [2.45, 2.75) is 45.8 Å². The number of fused-ring (bicyclic) bond motifs is 1. The van der Waals surface area contributed by atoms with Crippen molar-refractivity contribution in [2.24, 2.45) is 0 Å². The van der Waals surface area contributed by atoms with Gasteiger partial charge in [-0.05, 0) is 63.9 Å². The first kappa shape index (κ1) is 26.7. The monoisotopic (exact) mass is 525 g/mol. The number of anilines is 2. The van der Waals surface area contributed by atoms with E-state index in [1.165, 1.54) is 11.3 Å². The van der Waals surface area contributed by atoms with Crippen LogP contribution in [-0.2, 0) is 11.2 Å². The molecule has 37 heavy (non-hydrogen) atoms. The van der Waals surface area contributed by atoms with E-state index in [0.717, 1.165) is 29.7 Å². The van der Waals surface area contributed by atoms with Gasteiger partial charge < -0.3 is 30.7 Å². The molecule has 9 nitrogen and oxygen atoms in total. The van der Waals surface area contributed by atoms with Gasteiger partial charge in [-0.3, -0.25) is 4.79 Å². The molecule has 1 aliphatic rings. The van der Waals surface area contributed by atoms with Crippen LogP contribution in [0.1, 0.15) is 54.7 Å². The fourth-order valence-electron chi connectivity index (χ4n) is 4.16. The summed E-state index contributed by atoms with van der Waals surface area (Å²) in [4.78, 5) is 34.5. The second-order valence-corrected chi connectivity index (χ2v) is 11.2. The van der Waals surface area contributed by atoms with Crippen LogP contribution in [0, 0.1) is 0 Å². The Kier molecular flexibility index (Phi) is 7.89. The number of ether oxygens (including phenoxy) is 1. The van der Waals surface area contributed by atoms with Gasteiger partial charge >= 0.3 is 6.09 Å². The number of pyridine rings is 1. The Labute approximate surface area is 221 Å². The molecule has 0 unspecified atom stereocenters. The number of nitrogen functional groups attached to an aromatic ring is 1. The van der Waals surface area contributed by atoms with Crippen molar-refractivity contribution >= 4 is 44.9 Å². The Morgan fingerprint density at radius 1 is 1.14 bits per heavy atom. The predicted octanol–water partition coefficient (Wildman–Crippen LogP) is 3.96. The van der Waals surface area contributed by atoms with Gasteiger partial charge in [-0.1, -0.05) is 12.1 Å². The fraction of sp³-hybridized carbons (Fsp3) is 0.444. The van der Waals surface area contributed by atoms with Crippen LogP contribution in [0.2, 0.25) is 0 Å². The number of carbonyl (C=O) groups excluding carboxylic acids is 2. The Hall–Kier alpha value is -3.37. The predicted molar refractivity (Wildman–Crippen MR) is 147 cm³/mol. The number of nitrogens with one attached hydrogen (secondary N) is 1. The molecule has 0 spiro atoms. The first-order valence-electron chi connectivity index (χ1n) is 12.5. The molecule has 0 saturated carbocycles. The van der Waals surface area contributed by atoms with Gasteiger partial charge in [0.05, 0.1) is 17.5 Å². The molecule has 4 rings (SSSR count). The third-order valence-corrected chi connectivity index (χ3v) is 7.30. The first-order valence-corrected chi connectivity index (χ1v) is 13.3. The van der Waals surface area contributed by atoms with Crippen LogP contribution in [0.5, 0.6) is 0 Å². The van der Waals surface area contributed by atoms with Crippen LogP contribution in [0.4, 0.5) is 16.2 Å². The summed E-state index contributed by atoms with van der Waals surface area (Å²) in [6.45, 7) is 10.5. The summed E-state index contributed by atoms with van der Waals surface area (Å²) in [6.07, 6.45) is -0.255. The quantitative estimate of drug-likeness (QED) is 0.445. The Bertz CT molecular complexity index is 1260. The van der Waals surface area contributed by atoms with Gasteiger partial charge in [-0.25, -0.2) is 9.78 Å². The van der Waals surface area contributed by atoms with E-state index in [1.54, 1.807) is 24.0 Å². The maximum atomic E-state index is 12.8. The highest BCUT2D eigenvalue weighted by molar-refractivity contribution is 7.21. The lowest BCUT2D eigenvalue weighted by Crippen LogP contribution is -2.50. The van der Waals surface area contributed by atoms with Crippen LogP contribution < -0.4 is 16.0 Å². The lowest BCUT2D eigenvalue weighted by atomic mass is 10.1. The van der Waals surface area contributed by atoms with Crippen molar-refractivity contribution in [3.8, 4) is 0 Å². The van der Waals surface area contributed by atoms with Crippen LogP contribution in [0.25, 0.3) is 10.2 Å². The van der Waals surface area contributed by atoms with Gasteiger partial charge in [0.15, 0.2) is 0 Å². The zero-order chi connectivity index (χ0) is 26.7. The number of aliphatic hydroxyl groups excluding tert-OH is 1. The lowest BCUT2D eigenvalue weighted by Gasteiger charge is -2.36. The van der Waals surface area contributed by atoms with E-state index in [1.807, 2.05) is 20.8 Å². The number of thiophene rings is 1. The molecule has 1 fully saturated rings. The van der Waals surface area contributed by atoms with Gasteiger partial charge in [0, 0.05) is 43.8 Å². The summed E-state index contributed by atoms with van der Waals surface area (Å²) in [5.41, 5.74) is 8.90. The molecule has 198 valence electrons. The summed E-state index contributed by atoms with van der Waals surface area (Å²) < 4.78 is 5.47. The third-order valence-electron chi connectivity index (χ3n) is 6.18. The third kappa shape index (κ3) is 6.50. The van der Waals surface area contributed by atoms with Crippen LogP contribution in [0.15, 0.2) is 36.4 Å². The Balaban J connectivity index is 1.27. The summed E-state index contributed by atoms with van der Waals surface area (Å²) in [6, 6.07) is 11.8. The number of rotatable bonds is 6. The molecule has 10 heteroatoms. The van der Waals surface area contributed by atoms with Crippen LogP contribution >= 0.6 is 11.3 Å². The molecule has 1 aromatic carbocycles. The van der Waals surface area contributed by atoms with Crippen molar-refractivity contribution in [3.63, 3.8) is 0 Å². The smallest absolute Gasteiger partial charge is 0.410 e. The molecule has 0 aliphatic carbocycles. The van der Waals surface area contributed by atoms with E-state index in [9.17, 15) is 14.7 Å². The van der Waals surface area contributed by atoms with Gasteiger partial charge in [0.1, 0.15) is 15.3 Å². The fourth-order valence-corrected chi connectivity index (χ4v) is 5.18. The number of hydrogen-bond acceptors (Lipinski definition) is 8. The molecular weight excluding hydrogens is 490 g/mol. The summed E-state index contributed by atoms with van der Waals surface area (Å²) in [5.74, 6) is -0.224. The molecule has 0 radical (unpaired) electrons. The summed E-state index contributed by atoms with van der Waals surface area (Å²) >= 11 is 1.23. The maximum Gasteiger partial charge on any atom is 0.410 e. The van der Waals surface area contributed by atoms with Gasteiger partial charge in [0.2, 0.25) is 0 Å². The minimum absolute atomic E-state index is 0.224. The van der Waals surface area contributed by atoms with Crippen molar-refractivity contribution in [1.29, 1.82) is 0 Å². The molecule has 2 aromatic heterocycles. The first-order chi connectivity index (χ1) is 17.5. The Morgan fingerprint density at radius 2 is 1.81 bits per heavy atom. The number of aliphatic hydroxyl groups is 1. The van der Waals surface area contributed by atoms with Crippen LogP contribution in [0.3, 0.4) is 0 Å². The molecular formula is C27H35N5O4S. The maximum absolute atomic E-state index is 12.8. The number of piperazine rings is 1. The SMILES string of the molecule is C[C@@H](O)c1ccc2c(N)c(C(=O)NCCc3ccc(N4CCN(C(=O)OC(C)(C)C)CC4)cc3)sc2n1. The van der Waals surface area contributed by atoms with E-state index >= 15 is 0 Å². The van der Waals surface area contributed by atoms with Gasteiger partial charge in [-0.2, -0.15) is 0 Å². The highest BCUT2D eigenvalue weighted by Gasteiger charge is 2.26. The zero-order valence-corrected chi connectivity index (χ0v) is 22.6. The summed E-state index contributed by atoms with van der Waals surface area (Å²) in [5, 5.41) is 13.4. The molecule has 1 saturated heterocycles. The lowest BCUT2D eigenvalue weighted by molar-refractivity contribution is 0.0240. The number of aromatic nitrogens is 1. The van der Waals surface area contributed by atoms with Crippen LogP contribution in [-0.4, -0.2) is 65.3 Å².